The molecule has 3 heterocycles. The zero-order valence-corrected chi connectivity index (χ0v) is 13.5. The molecule has 3 rings (SSSR count). The lowest BCUT2D eigenvalue weighted by molar-refractivity contribution is 0.214. The summed E-state index contributed by atoms with van der Waals surface area (Å²) in [5, 5.41) is 0. The van der Waals surface area contributed by atoms with Crippen molar-refractivity contribution in [3.8, 4) is 11.8 Å². The van der Waals surface area contributed by atoms with Gasteiger partial charge in [0.2, 0.25) is 11.8 Å². The van der Waals surface area contributed by atoms with Crippen LogP contribution < -0.4 is 14.4 Å². The fourth-order valence-corrected chi connectivity index (χ4v) is 2.68. The first-order valence-corrected chi connectivity index (χ1v) is 7.77. The van der Waals surface area contributed by atoms with Crippen molar-refractivity contribution in [2.45, 2.75) is 19.8 Å². The maximum Gasteiger partial charge on any atom is 0.235 e. The Kier molecular flexibility index (Phi) is 4.85. The van der Waals surface area contributed by atoms with Gasteiger partial charge in [-0.05, 0) is 25.7 Å². The van der Waals surface area contributed by atoms with Gasteiger partial charge in [0, 0.05) is 31.5 Å². The molecule has 0 atom stereocenters. The maximum atomic E-state index is 5.82. The van der Waals surface area contributed by atoms with Gasteiger partial charge in [-0.25, -0.2) is 15.0 Å². The summed E-state index contributed by atoms with van der Waals surface area (Å²) >= 11 is 0. The molecule has 0 radical (unpaired) electrons. The van der Waals surface area contributed by atoms with Crippen molar-refractivity contribution in [3.63, 3.8) is 0 Å². The molecule has 1 saturated heterocycles. The lowest BCUT2D eigenvalue weighted by Crippen LogP contribution is -2.36. The van der Waals surface area contributed by atoms with Gasteiger partial charge in [-0.1, -0.05) is 0 Å². The molecule has 122 valence electrons. The number of aryl methyl sites for hydroxylation is 1. The Morgan fingerprint density at radius 3 is 2.65 bits per heavy atom. The van der Waals surface area contributed by atoms with E-state index in [2.05, 4.69) is 24.8 Å². The van der Waals surface area contributed by atoms with Gasteiger partial charge >= 0.3 is 0 Å². The SMILES string of the molecule is COc1cc(N2CCC(COc3nccnc3C)CC2)ncn1. The number of methoxy groups -OCH3 is 1. The first-order valence-electron chi connectivity index (χ1n) is 7.77. The van der Waals surface area contributed by atoms with Crippen molar-refractivity contribution in [1.29, 1.82) is 0 Å². The average Bonchev–Trinajstić information content (AvgIpc) is 2.61. The van der Waals surface area contributed by atoms with E-state index in [4.69, 9.17) is 9.47 Å². The highest BCUT2D eigenvalue weighted by Crippen LogP contribution is 2.24. The number of nitrogens with zero attached hydrogens (tertiary/aromatic N) is 5. The molecule has 0 unspecified atom stereocenters. The predicted octanol–water partition coefficient (Wildman–Crippen LogP) is 1.88. The molecule has 2 aromatic heterocycles. The average molecular weight is 315 g/mol. The van der Waals surface area contributed by atoms with Crippen molar-refractivity contribution in [2.75, 3.05) is 31.7 Å². The molecule has 0 saturated carbocycles. The standard InChI is InChI=1S/C16H21N5O2/c1-12-16(18-6-5-17-12)23-10-13-3-7-21(8-4-13)14-9-15(22-2)20-11-19-14/h5-6,9,11,13H,3-4,7-8,10H2,1-2H3. The molecule has 1 aliphatic rings. The first kappa shape index (κ1) is 15.5. The van der Waals surface area contributed by atoms with Gasteiger partial charge in [-0.3, -0.25) is 4.98 Å². The van der Waals surface area contributed by atoms with Crippen LogP contribution in [0.2, 0.25) is 0 Å². The molecule has 0 aromatic carbocycles. The predicted molar refractivity (Wildman–Crippen MR) is 85.8 cm³/mol. The van der Waals surface area contributed by atoms with Crippen molar-refractivity contribution >= 4 is 5.82 Å². The largest absolute Gasteiger partial charge is 0.481 e. The minimum Gasteiger partial charge on any atom is -0.481 e. The number of ether oxygens (including phenoxy) is 2. The smallest absolute Gasteiger partial charge is 0.235 e. The number of hydrogen-bond donors (Lipinski definition) is 0. The summed E-state index contributed by atoms with van der Waals surface area (Å²) in [6, 6.07) is 1.87. The fraction of sp³-hybridized carbons (Fsp3) is 0.500. The molecule has 7 heteroatoms. The third kappa shape index (κ3) is 3.85. The highest BCUT2D eigenvalue weighted by Gasteiger charge is 2.21. The second kappa shape index (κ2) is 7.21. The van der Waals surface area contributed by atoms with Crippen LogP contribution in [0.3, 0.4) is 0 Å². The number of piperidine rings is 1. The summed E-state index contributed by atoms with van der Waals surface area (Å²) < 4.78 is 11.0. The van der Waals surface area contributed by atoms with E-state index in [1.54, 1.807) is 25.8 Å². The molecule has 2 aromatic rings. The monoisotopic (exact) mass is 315 g/mol. The summed E-state index contributed by atoms with van der Waals surface area (Å²) in [6.45, 7) is 4.50. The first-order chi connectivity index (χ1) is 11.3. The minimum atomic E-state index is 0.524. The third-order valence-corrected chi connectivity index (χ3v) is 4.07. The van der Waals surface area contributed by atoms with Crippen molar-refractivity contribution < 1.29 is 9.47 Å². The Morgan fingerprint density at radius 1 is 1.13 bits per heavy atom. The van der Waals surface area contributed by atoms with Crippen LogP contribution in [0.15, 0.2) is 24.8 Å². The Bertz CT molecular complexity index is 644. The van der Waals surface area contributed by atoms with E-state index >= 15 is 0 Å². The van der Waals surface area contributed by atoms with Gasteiger partial charge < -0.3 is 14.4 Å². The number of rotatable bonds is 5. The van der Waals surface area contributed by atoms with E-state index in [-0.39, 0.29) is 0 Å². The van der Waals surface area contributed by atoms with Crippen molar-refractivity contribution in [1.82, 2.24) is 19.9 Å². The van der Waals surface area contributed by atoms with E-state index in [0.29, 0.717) is 24.3 Å². The van der Waals surface area contributed by atoms with Crippen LogP contribution in [0.4, 0.5) is 5.82 Å². The van der Waals surface area contributed by atoms with Crippen molar-refractivity contribution in [3.05, 3.63) is 30.5 Å². The van der Waals surface area contributed by atoms with Crippen LogP contribution in [0.1, 0.15) is 18.5 Å². The van der Waals surface area contributed by atoms with E-state index < -0.39 is 0 Å². The van der Waals surface area contributed by atoms with E-state index in [1.807, 2.05) is 13.0 Å². The van der Waals surface area contributed by atoms with Crippen LogP contribution in [0.25, 0.3) is 0 Å². The molecule has 0 amide bonds. The van der Waals surface area contributed by atoms with E-state index in [9.17, 15) is 0 Å². The van der Waals surface area contributed by atoms with Gasteiger partial charge in [-0.15, -0.1) is 0 Å². The second-order valence-corrected chi connectivity index (χ2v) is 5.61. The van der Waals surface area contributed by atoms with Crippen LogP contribution in [-0.2, 0) is 0 Å². The molecule has 7 nitrogen and oxygen atoms in total. The topological polar surface area (TPSA) is 73.3 Å². The molecule has 0 bridgehead atoms. The quantitative estimate of drug-likeness (QED) is 0.834. The van der Waals surface area contributed by atoms with E-state index in [0.717, 1.165) is 37.4 Å². The van der Waals surface area contributed by atoms with Crippen molar-refractivity contribution in [2.24, 2.45) is 5.92 Å². The van der Waals surface area contributed by atoms with Crippen LogP contribution >= 0.6 is 0 Å². The summed E-state index contributed by atoms with van der Waals surface area (Å²) in [4.78, 5) is 19.0. The molecular formula is C16H21N5O2. The normalized spacial score (nSPS) is 15.5. The Hall–Kier alpha value is -2.44. The lowest BCUT2D eigenvalue weighted by Gasteiger charge is -2.32. The summed E-state index contributed by atoms with van der Waals surface area (Å²) in [5.41, 5.74) is 0.831. The molecule has 0 N–H and O–H groups in total. The highest BCUT2D eigenvalue weighted by atomic mass is 16.5. The van der Waals surface area contributed by atoms with E-state index in [1.165, 1.54) is 0 Å². The van der Waals surface area contributed by atoms with Crippen LogP contribution in [-0.4, -0.2) is 46.7 Å². The second-order valence-electron chi connectivity index (χ2n) is 5.61. The minimum absolute atomic E-state index is 0.524. The van der Waals surface area contributed by atoms with Gasteiger partial charge in [-0.2, -0.15) is 0 Å². The lowest BCUT2D eigenvalue weighted by atomic mass is 9.98. The Morgan fingerprint density at radius 2 is 1.91 bits per heavy atom. The molecule has 0 spiro atoms. The summed E-state index contributed by atoms with van der Waals surface area (Å²) in [7, 11) is 1.62. The van der Waals surface area contributed by atoms with Crippen LogP contribution in [0.5, 0.6) is 11.8 Å². The maximum absolute atomic E-state index is 5.82. The summed E-state index contributed by atoms with van der Waals surface area (Å²) in [6.07, 6.45) is 7.00. The number of aromatic nitrogens is 4. The molecule has 0 aliphatic carbocycles. The molecule has 23 heavy (non-hydrogen) atoms. The summed E-state index contributed by atoms with van der Waals surface area (Å²) in [5.74, 6) is 2.67. The fourth-order valence-electron chi connectivity index (χ4n) is 2.68. The highest BCUT2D eigenvalue weighted by molar-refractivity contribution is 5.41. The number of hydrogen-bond acceptors (Lipinski definition) is 7. The number of anilines is 1. The molecular weight excluding hydrogens is 294 g/mol. The Labute approximate surface area is 135 Å². The molecule has 1 fully saturated rings. The van der Waals surface area contributed by atoms with Crippen LogP contribution in [0, 0.1) is 12.8 Å². The van der Waals surface area contributed by atoms with Gasteiger partial charge in [0.1, 0.15) is 12.1 Å². The molecule has 1 aliphatic heterocycles. The van der Waals surface area contributed by atoms with Gasteiger partial charge in [0.05, 0.1) is 19.4 Å². The van der Waals surface area contributed by atoms with Gasteiger partial charge in [0.15, 0.2) is 0 Å². The zero-order valence-electron chi connectivity index (χ0n) is 13.5. The third-order valence-electron chi connectivity index (χ3n) is 4.07. The Balaban J connectivity index is 1.51. The van der Waals surface area contributed by atoms with Gasteiger partial charge in [0.25, 0.3) is 0 Å². The zero-order chi connectivity index (χ0) is 16.1.